The van der Waals surface area contributed by atoms with Crippen molar-refractivity contribution in [2.24, 2.45) is 7.05 Å². The van der Waals surface area contributed by atoms with Crippen molar-refractivity contribution in [1.82, 2.24) is 4.57 Å². The van der Waals surface area contributed by atoms with Crippen LogP contribution in [0.25, 0.3) is 0 Å². The van der Waals surface area contributed by atoms with E-state index in [1.54, 1.807) is 0 Å². The van der Waals surface area contributed by atoms with Gasteiger partial charge in [-0.2, -0.15) is 0 Å². The summed E-state index contributed by atoms with van der Waals surface area (Å²) in [5.74, 6) is -0.624. The Kier molecular flexibility index (Phi) is 5.39. The summed E-state index contributed by atoms with van der Waals surface area (Å²) in [4.78, 5) is 11.6. The number of nitrogens with zero attached hydrogens (tertiary/aromatic N) is 1. The van der Waals surface area contributed by atoms with Gasteiger partial charge in [0.15, 0.2) is 0 Å². The number of carbonyl (C=O) groups excluding carboxylic acids is 1. The van der Waals surface area contributed by atoms with Gasteiger partial charge in [-0.3, -0.25) is 0 Å². The van der Waals surface area contributed by atoms with Crippen molar-refractivity contribution in [2.45, 2.75) is 24.8 Å². The molecule has 0 radical (unpaired) electrons. The molecular weight excluding hydrogens is 294 g/mol. The highest BCUT2D eigenvalue weighted by Gasteiger charge is 2.19. The minimum atomic E-state index is -3.86. The van der Waals surface area contributed by atoms with Gasteiger partial charge in [-0.15, -0.1) is 0 Å². The number of hydrogen-bond donors (Lipinski definition) is 0. The van der Waals surface area contributed by atoms with Crippen LogP contribution < -0.4 is 0 Å². The molecule has 19 heavy (non-hydrogen) atoms. The van der Waals surface area contributed by atoms with Crippen molar-refractivity contribution in [3.63, 3.8) is 0 Å². The maximum Gasteiger partial charge on any atom is 0.355 e. The van der Waals surface area contributed by atoms with Crippen LogP contribution in [0.4, 0.5) is 0 Å². The van der Waals surface area contributed by atoms with Gasteiger partial charge in [0.2, 0.25) is 0 Å². The van der Waals surface area contributed by atoms with Gasteiger partial charge in [0.25, 0.3) is 9.05 Å². The molecule has 0 N–H and O–H groups in total. The zero-order valence-electron chi connectivity index (χ0n) is 10.9. The number of esters is 1. The smallest absolute Gasteiger partial charge is 0.355 e. The van der Waals surface area contributed by atoms with Crippen LogP contribution in [0.5, 0.6) is 0 Å². The molecule has 1 aromatic heterocycles. The lowest BCUT2D eigenvalue weighted by molar-refractivity contribution is 0.0170. The van der Waals surface area contributed by atoms with Crippen LogP contribution in [-0.2, 0) is 25.6 Å². The molecule has 6 nitrogen and oxygen atoms in total. The first-order valence-corrected chi connectivity index (χ1v) is 7.92. The molecule has 0 unspecified atom stereocenters. The van der Waals surface area contributed by atoms with Gasteiger partial charge in [0, 0.05) is 23.9 Å². The summed E-state index contributed by atoms with van der Waals surface area (Å²) in [5.41, 5.74) is 0.115. The van der Waals surface area contributed by atoms with Crippen molar-refractivity contribution < 1.29 is 22.7 Å². The fourth-order valence-corrected chi connectivity index (χ4v) is 2.15. The summed E-state index contributed by atoms with van der Waals surface area (Å²) >= 11 is 0. The lowest BCUT2D eigenvalue weighted by atomic mass is 10.4. The summed E-state index contributed by atoms with van der Waals surface area (Å²) in [7, 11) is 2.88. The molecule has 0 aromatic carbocycles. The van der Waals surface area contributed by atoms with E-state index in [0.29, 0.717) is 0 Å². The monoisotopic (exact) mass is 309 g/mol. The third-order valence-electron chi connectivity index (χ3n) is 2.24. The largest absolute Gasteiger partial charge is 0.459 e. The van der Waals surface area contributed by atoms with Crippen LogP contribution in [0.3, 0.4) is 0 Å². The normalized spacial score (nSPS) is 11.8. The first-order chi connectivity index (χ1) is 8.71. The summed E-state index contributed by atoms with van der Waals surface area (Å²) in [6.07, 6.45) is 1.31. The van der Waals surface area contributed by atoms with E-state index in [1.807, 2.05) is 13.8 Å². The molecule has 0 saturated carbocycles. The predicted octanol–water partition coefficient (Wildman–Crippen LogP) is 1.53. The fraction of sp³-hybridized carbons (Fsp3) is 0.545. The molecule has 0 atom stereocenters. The maximum atomic E-state index is 11.7. The highest BCUT2D eigenvalue weighted by molar-refractivity contribution is 8.13. The van der Waals surface area contributed by atoms with E-state index in [2.05, 4.69) is 0 Å². The molecule has 0 bridgehead atoms. The second-order valence-corrected chi connectivity index (χ2v) is 6.73. The Morgan fingerprint density at radius 3 is 2.53 bits per heavy atom. The Labute approximate surface area is 116 Å². The van der Waals surface area contributed by atoms with E-state index >= 15 is 0 Å². The van der Waals surface area contributed by atoms with E-state index in [9.17, 15) is 13.2 Å². The Balaban J connectivity index is 2.65. The van der Waals surface area contributed by atoms with Gasteiger partial charge in [0.1, 0.15) is 17.2 Å². The minimum Gasteiger partial charge on any atom is -0.459 e. The molecule has 0 amide bonds. The topological polar surface area (TPSA) is 74.6 Å². The number of aromatic nitrogens is 1. The quantitative estimate of drug-likeness (QED) is 0.452. The number of ether oxygens (including phenoxy) is 2. The van der Waals surface area contributed by atoms with Crippen LogP contribution in [0, 0.1) is 0 Å². The first kappa shape index (κ1) is 16.0. The highest BCUT2D eigenvalue weighted by Crippen LogP contribution is 2.18. The van der Waals surface area contributed by atoms with E-state index < -0.39 is 15.0 Å². The Morgan fingerprint density at radius 2 is 2.05 bits per heavy atom. The van der Waals surface area contributed by atoms with Crippen molar-refractivity contribution >= 4 is 25.7 Å². The lowest BCUT2D eigenvalue weighted by Crippen LogP contribution is -2.15. The van der Waals surface area contributed by atoms with Crippen molar-refractivity contribution in [1.29, 1.82) is 0 Å². The molecule has 1 aromatic rings. The molecule has 8 heteroatoms. The molecular formula is C11H16ClNO5S. The third-order valence-corrected chi connectivity index (χ3v) is 3.56. The molecule has 0 aliphatic carbocycles. The second-order valence-electron chi connectivity index (χ2n) is 4.17. The summed E-state index contributed by atoms with van der Waals surface area (Å²) in [5, 5.41) is 0. The average molecular weight is 310 g/mol. The zero-order chi connectivity index (χ0) is 14.6. The standard InChI is InChI=1S/C11H16ClNO5S/c1-8(2)17-4-5-18-11(14)10-6-9(7-13(10)3)19(12,15)16/h6-8H,4-5H2,1-3H3. The van der Waals surface area contributed by atoms with Gasteiger partial charge < -0.3 is 14.0 Å². The lowest BCUT2D eigenvalue weighted by Gasteiger charge is -2.08. The zero-order valence-corrected chi connectivity index (χ0v) is 12.5. The molecule has 108 valence electrons. The number of carbonyl (C=O) groups is 1. The molecule has 0 aliphatic heterocycles. The van der Waals surface area contributed by atoms with Crippen LogP contribution >= 0.6 is 10.7 Å². The number of rotatable bonds is 6. The molecule has 0 saturated heterocycles. The van der Waals surface area contributed by atoms with Gasteiger partial charge in [0.05, 0.1) is 12.7 Å². The average Bonchev–Trinajstić information content (AvgIpc) is 2.66. The van der Waals surface area contributed by atoms with Crippen molar-refractivity contribution in [2.75, 3.05) is 13.2 Å². The Hall–Kier alpha value is -1.05. The highest BCUT2D eigenvalue weighted by atomic mass is 35.7. The van der Waals surface area contributed by atoms with Gasteiger partial charge in [-0.25, -0.2) is 13.2 Å². The molecule has 0 fully saturated rings. The van der Waals surface area contributed by atoms with E-state index in [0.717, 1.165) is 0 Å². The van der Waals surface area contributed by atoms with Crippen molar-refractivity contribution in [3.8, 4) is 0 Å². The third kappa shape index (κ3) is 4.85. The summed E-state index contributed by atoms with van der Waals surface area (Å²) in [6, 6.07) is 1.17. The minimum absolute atomic E-state index is 0.0572. The Morgan fingerprint density at radius 1 is 1.42 bits per heavy atom. The molecule has 0 spiro atoms. The summed E-state index contributed by atoms with van der Waals surface area (Å²) < 4.78 is 33.8. The summed E-state index contributed by atoms with van der Waals surface area (Å²) in [6.45, 7) is 4.13. The van der Waals surface area contributed by atoms with Crippen LogP contribution in [0.2, 0.25) is 0 Å². The maximum absolute atomic E-state index is 11.7. The van der Waals surface area contributed by atoms with Crippen LogP contribution in [0.15, 0.2) is 17.2 Å². The second kappa shape index (κ2) is 6.40. The fourth-order valence-electron chi connectivity index (χ4n) is 1.36. The van der Waals surface area contributed by atoms with Gasteiger partial charge in [-0.1, -0.05) is 0 Å². The van der Waals surface area contributed by atoms with E-state index in [1.165, 1.54) is 23.9 Å². The first-order valence-electron chi connectivity index (χ1n) is 5.61. The molecule has 1 heterocycles. The van der Waals surface area contributed by atoms with Gasteiger partial charge in [-0.05, 0) is 19.9 Å². The Bertz CT molecular complexity index is 549. The molecule has 1 rings (SSSR count). The van der Waals surface area contributed by atoms with Crippen LogP contribution in [-0.4, -0.2) is 38.3 Å². The van der Waals surface area contributed by atoms with E-state index in [4.69, 9.17) is 20.2 Å². The van der Waals surface area contributed by atoms with E-state index in [-0.39, 0.29) is 29.9 Å². The predicted molar refractivity (Wildman–Crippen MR) is 69.8 cm³/mol. The molecule has 0 aliphatic rings. The van der Waals surface area contributed by atoms with Gasteiger partial charge >= 0.3 is 5.97 Å². The SMILES string of the molecule is CC(C)OCCOC(=O)c1cc(S(=O)(=O)Cl)cn1C. The van der Waals surface area contributed by atoms with Crippen molar-refractivity contribution in [3.05, 3.63) is 18.0 Å². The number of aryl methyl sites for hydroxylation is 1. The number of hydrogen-bond acceptors (Lipinski definition) is 5. The van der Waals surface area contributed by atoms with Crippen LogP contribution in [0.1, 0.15) is 24.3 Å². The number of halogens is 1.